The SMILES string of the molecule is Cc1nn(-c2ccccc2)c([O-])c1C1=C([n+]2ccccc2)C(=O)N(C(C)C)C1=O. The Labute approximate surface area is 168 Å². The van der Waals surface area contributed by atoms with Gasteiger partial charge in [0.15, 0.2) is 12.4 Å². The van der Waals surface area contributed by atoms with Crippen molar-refractivity contribution in [2.75, 3.05) is 0 Å². The molecule has 4 rings (SSSR count). The Bertz CT molecular complexity index is 1130. The highest BCUT2D eigenvalue weighted by molar-refractivity contribution is 6.45. The molecule has 0 atom stereocenters. The van der Waals surface area contributed by atoms with Crippen molar-refractivity contribution < 1.29 is 19.3 Å². The summed E-state index contributed by atoms with van der Waals surface area (Å²) < 4.78 is 2.84. The van der Waals surface area contributed by atoms with Crippen molar-refractivity contribution in [1.82, 2.24) is 14.7 Å². The predicted octanol–water partition coefficient (Wildman–Crippen LogP) is 1.69. The largest absolute Gasteiger partial charge is 0.858 e. The highest BCUT2D eigenvalue weighted by Gasteiger charge is 2.47. The molecule has 3 heterocycles. The first-order chi connectivity index (χ1) is 13.9. The number of nitrogens with zero attached hydrogens (tertiary/aromatic N) is 4. The van der Waals surface area contributed by atoms with Crippen LogP contribution in [0.15, 0.2) is 60.9 Å². The van der Waals surface area contributed by atoms with E-state index in [0.717, 1.165) is 0 Å². The Morgan fingerprint density at radius 2 is 1.59 bits per heavy atom. The van der Waals surface area contributed by atoms with Gasteiger partial charge in [0.05, 0.1) is 11.4 Å². The van der Waals surface area contributed by atoms with Crippen LogP contribution in [0.1, 0.15) is 25.1 Å². The molecule has 2 amide bonds. The molecule has 0 aliphatic carbocycles. The summed E-state index contributed by atoms with van der Waals surface area (Å²) in [6, 6.07) is 14.0. The van der Waals surface area contributed by atoms with Crippen LogP contribution in [0.3, 0.4) is 0 Å². The minimum atomic E-state index is -0.482. The quantitative estimate of drug-likeness (QED) is 0.503. The maximum Gasteiger partial charge on any atom is 0.327 e. The molecule has 0 radical (unpaired) electrons. The van der Waals surface area contributed by atoms with Crippen molar-refractivity contribution in [3.05, 3.63) is 72.2 Å². The first-order valence-electron chi connectivity index (χ1n) is 9.33. The van der Waals surface area contributed by atoms with Crippen LogP contribution in [0, 0.1) is 6.92 Å². The van der Waals surface area contributed by atoms with Gasteiger partial charge in [-0.3, -0.25) is 14.5 Å². The van der Waals surface area contributed by atoms with Gasteiger partial charge >= 0.3 is 5.91 Å². The van der Waals surface area contributed by atoms with Crippen LogP contribution < -0.4 is 9.67 Å². The van der Waals surface area contributed by atoms with Crippen LogP contribution >= 0.6 is 0 Å². The van der Waals surface area contributed by atoms with E-state index >= 15 is 0 Å². The van der Waals surface area contributed by atoms with Gasteiger partial charge < -0.3 is 5.11 Å². The fourth-order valence-electron chi connectivity index (χ4n) is 3.55. The summed E-state index contributed by atoms with van der Waals surface area (Å²) in [7, 11) is 0. The number of aryl methyl sites for hydroxylation is 1. The highest BCUT2D eigenvalue weighted by Crippen LogP contribution is 2.37. The average Bonchev–Trinajstić information content (AvgIpc) is 3.14. The zero-order valence-corrected chi connectivity index (χ0v) is 16.4. The van der Waals surface area contributed by atoms with Crippen molar-refractivity contribution in [1.29, 1.82) is 0 Å². The van der Waals surface area contributed by atoms with Gasteiger partial charge in [0, 0.05) is 23.7 Å². The number of benzene rings is 1. The van der Waals surface area contributed by atoms with Gasteiger partial charge in [-0.1, -0.05) is 24.3 Å². The number of para-hydroxylation sites is 1. The van der Waals surface area contributed by atoms with E-state index in [2.05, 4.69) is 5.10 Å². The van der Waals surface area contributed by atoms with E-state index in [0.29, 0.717) is 11.4 Å². The van der Waals surface area contributed by atoms with Crippen molar-refractivity contribution in [3.8, 4) is 11.6 Å². The molecule has 29 heavy (non-hydrogen) atoms. The molecule has 2 aromatic heterocycles. The van der Waals surface area contributed by atoms with Gasteiger partial charge in [-0.15, -0.1) is 0 Å². The number of amides is 2. The molecular formula is C22H20N4O3. The molecule has 0 saturated carbocycles. The van der Waals surface area contributed by atoms with E-state index in [-0.39, 0.29) is 22.9 Å². The number of carbonyl (C=O) groups is 2. The number of hydrogen-bond acceptors (Lipinski definition) is 4. The van der Waals surface area contributed by atoms with Crippen molar-refractivity contribution in [3.63, 3.8) is 0 Å². The Balaban J connectivity index is 1.98. The molecule has 7 heteroatoms. The van der Waals surface area contributed by atoms with E-state index in [1.54, 1.807) is 74.1 Å². The molecule has 1 aliphatic heterocycles. The van der Waals surface area contributed by atoms with E-state index in [9.17, 15) is 14.7 Å². The summed E-state index contributed by atoms with van der Waals surface area (Å²) in [5.74, 6) is -1.34. The molecule has 7 nitrogen and oxygen atoms in total. The summed E-state index contributed by atoms with van der Waals surface area (Å²) >= 11 is 0. The minimum Gasteiger partial charge on any atom is -0.858 e. The smallest absolute Gasteiger partial charge is 0.327 e. The van der Waals surface area contributed by atoms with Crippen LogP contribution in [0.25, 0.3) is 17.0 Å². The van der Waals surface area contributed by atoms with Crippen molar-refractivity contribution >= 4 is 23.1 Å². The molecule has 0 N–H and O–H groups in total. The lowest BCUT2D eigenvalue weighted by Gasteiger charge is -2.18. The topological polar surface area (TPSA) is 82.1 Å². The van der Waals surface area contributed by atoms with E-state index in [4.69, 9.17) is 0 Å². The normalized spacial score (nSPS) is 14.4. The zero-order chi connectivity index (χ0) is 20.7. The molecular weight excluding hydrogens is 368 g/mol. The number of imide groups is 1. The first-order valence-corrected chi connectivity index (χ1v) is 9.33. The summed E-state index contributed by atoms with van der Waals surface area (Å²) in [6.45, 7) is 5.21. The number of aromatic nitrogens is 3. The number of pyridine rings is 1. The lowest BCUT2D eigenvalue weighted by molar-refractivity contribution is -0.576. The van der Waals surface area contributed by atoms with E-state index < -0.39 is 17.7 Å². The number of hydrogen-bond donors (Lipinski definition) is 0. The third kappa shape index (κ3) is 2.91. The predicted molar refractivity (Wildman–Crippen MR) is 104 cm³/mol. The van der Waals surface area contributed by atoms with Crippen molar-refractivity contribution in [2.45, 2.75) is 26.8 Å². The van der Waals surface area contributed by atoms with Gasteiger partial charge in [0.1, 0.15) is 5.57 Å². The molecule has 0 bridgehead atoms. The maximum atomic E-state index is 13.3. The van der Waals surface area contributed by atoms with Gasteiger partial charge in [-0.05, 0) is 38.8 Å². The zero-order valence-electron chi connectivity index (χ0n) is 16.4. The molecule has 0 saturated heterocycles. The van der Waals surface area contributed by atoms with Gasteiger partial charge in [0.25, 0.3) is 11.6 Å². The van der Waals surface area contributed by atoms with E-state index in [1.807, 2.05) is 12.1 Å². The molecule has 1 aromatic carbocycles. The molecule has 0 unspecified atom stereocenters. The van der Waals surface area contributed by atoms with Gasteiger partial charge in [-0.25, -0.2) is 4.68 Å². The molecule has 0 spiro atoms. The Morgan fingerprint density at radius 1 is 0.966 bits per heavy atom. The fraction of sp³-hybridized carbons (Fsp3) is 0.182. The Morgan fingerprint density at radius 3 is 2.21 bits per heavy atom. The average molecular weight is 388 g/mol. The molecule has 0 fully saturated rings. The summed E-state index contributed by atoms with van der Waals surface area (Å²) in [4.78, 5) is 27.6. The maximum absolute atomic E-state index is 13.3. The third-order valence-electron chi connectivity index (χ3n) is 4.85. The summed E-state index contributed by atoms with van der Waals surface area (Å²) in [5.41, 5.74) is 1.40. The molecule has 1 aliphatic rings. The summed E-state index contributed by atoms with van der Waals surface area (Å²) in [5, 5.41) is 17.6. The van der Waals surface area contributed by atoms with Crippen LogP contribution in [-0.2, 0) is 9.59 Å². The van der Waals surface area contributed by atoms with Crippen LogP contribution in [0.5, 0.6) is 5.88 Å². The standard InChI is InChI=1S/C22H20N4O3/c1-14(2)25-20(27)18(19(22(25)29)24-12-8-5-9-13-24)17-15(3)23-26(21(17)28)16-10-6-4-7-11-16/h4-14H,1-3H3. The van der Waals surface area contributed by atoms with E-state index in [1.165, 1.54) is 9.58 Å². The van der Waals surface area contributed by atoms with Crippen LogP contribution in [0.2, 0.25) is 0 Å². The summed E-state index contributed by atoms with van der Waals surface area (Å²) in [6.07, 6.45) is 3.37. The minimum absolute atomic E-state index is 0.0876. The first kappa shape index (κ1) is 18.6. The van der Waals surface area contributed by atoms with Crippen molar-refractivity contribution in [2.24, 2.45) is 0 Å². The lowest BCUT2D eigenvalue weighted by Crippen LogP contribution is -2.42. The molecule has 146 valence electrons. The Hall–Kier alpha value is -3.74. The number of carbonyl (C=O) groups excluding carboxylic acids is 2. The van der Waals surface area contributed by atoms with Gasteiger partial charge in [-0.2, -0.15) is 9.67 Å². The second kappa shape index (κ2) is 7.01. The highest BCUT2D eigenvalue weighted by atomic mass is 16.3. The van der Waals surface area contributed by atoms with Crippen LogP contribution in [0.4, 0.5) is 0 Å². The molecule has 3 aromatic rings. The fourth-order valence-corrected chi connectivity index (χ4v) is 3.55. The lowest BCUT2D eigenvalue weighted by atomic mass is 10.0. The van der Waals surface area contributed by atoms with Crippen LogP contribution in [-0.4, -0.2) is 32.5 Å². The number of rotatable bonds is 4. The Kier molecular flexibility index (Phi) is 4.50. The third-order valence-corrected chi connectivity index (χ3v) is 4.85. The monoisotopic (exact) mass is 388 g/mol. The second-order valence-corrected chi connectivity index (χ2v) is 7.09. The second-order valence-electron chi connectivity index (χ2n) is 7.09. The van der Waals surface area contributed by atoms with Gasteiger partial charge in [0.2, 0.25) is 0 Å².